The second-order valence-electron chi connectivity index (χ2n) is 5.81. The summed E-state index contributed by atoms with van der Waals surface area (Å²) in [6.45, 7) is 9.96. The minimum absolute atomic E-state index is 0.137. The fourth-order valence-electron chi connectivity index (χ4n) is 2.30. The molecule has 0 spiro atoms. The van der Waals surface area contributed by atoms with Gasteiger partial charge in [-0.1, -0.05) is 27.7 Å². The van der Waals surface area contributed by atoms with Crippen LogP contribution < -0.4 is 0 Å². The van der Waals surface area contributed by atoms with Crippen LogP contribution in [0.2, 0.25) is 0 Å². The summed E-state index contributed by atoms with van der Waals surface area (Å²) in [4.78, 5) is 26.3. The molecule has 0 aromatic heterocycles. The topological polar surface area (TPSA) is 60.9 Å². The minimum atomic E-state index is -0.954. The molecule has 2 amide bonds. The van der Waals surface area contributed by atoms with Gasteiger partial charge in [0.05, 0.1) is 0 Å². The zero-order valence-corrected chi connectivity index (χ0v) is 11.7. The van der Waals surface area contributed by atoms with E-state index in [9.17, 15) is 9.59 Å². The Morgan fingerprint density at radius 2 is 1.78 bits per heavy atom. The van der Waals surface area contributed by atoms with Crippen LogP contribution in [0.25, 0.3) is 0 Å². The quantitative estimate of drug-likeness (QED) is 0.833. The standard InChI is InChI=1S/C13H24N2O3/c1-9(2)5-14(8-12(16)17)13(18)15-6-10(3)11(4)7-15/h9-11H,5-8H2,1-4H3,(H,16,17). The van der Waals surface area contributed by atoms with Gasteiger partial charge < -0.3 is 14.9 Å². The minimum Gasteiger partial charge on any atom is -0.480 e. The highest BCUT2D eigenvalue weighted by Crippen LogP contribution is 2.23. The average Bonchev–Trinajstić information content (AvgIpc) is 2.56. The number of carbonyl (C=O) groups is 2. The Bertz CT molecular complexity index is 307. The Balaban J connectivity index is 2.67. The summed E-state index contributed by atoms with van der Waals surface area (Å²) in [5.74, 6) is 0.286. The Morgan fingerprint density at radius 3 is 2.17 bits per heavy atom. The number of nitrogens with zero attached hydrogens (tertiary/aromatic N) is 2. The molecular weight excluding hydrogens is 232 g/mol. The zero-order valence-electron chi connectivity index (χ0n) is 11.7. The number of rotatable bonds is 4. The summed E-state index contributed by atoms with van der Waals surface area (Å²) in [6, 6.07) is -0.137. The van der Waals surface area contributed by atoms with E-state index >= 15 is 0 Å². The molecule has 0 radical (unpaired) electrons. The predicted molar refractivity (Wildman–Crippen MR) is 69.3 cm³/mol. The number of hydrogen-bond donors (Lipinski definition) is 1. The first-order valence-corrected chi connectivity index (χ1v) is 6.57. The van der Waals surface area contributed by atoms with Gasteiger partial charge in [0.15, 0.2) is 0 Å². The van der Waals surface area contributed by atoms with Crippen molar-refractivity contribution in [3.63, 3.8) is 0 Å². The number of carboxylic acid groups (broad SMARTS) is 1. The molecule has 5 heteroatoms. The average molecular weight is 256 g/mol. The Kier molecular flexibility index (Phi) is 4.99. The summed E-state index contributed by atoms with van der Waals surface area (Å²) < 4.78 is 0. The van der Waals surface area contributed by atoms with Crippen molar-refractivity contribution in [2.45, 2.75) is 27.7 Å². The number of carboxylic acids is 1. The molecule has 0 aromatic carbocycles. The van der Waals surface area contributed by atoms with Gasteiger partial charge in [0.2, 0.25) is 0 Å². The molecule has 5 nitrogen and oxygen atoms in total. The van der Waals surface area contributed by atoms with Crippen LogP contribution in [0.5, 0.6) is 0 Å². The Hall–Kier alpha value is -1.26. The number of aliphatic carboxylic acids is 1. The third-order valence-electron chi connectivity index (χ3n) is 3.44. The lowest BCUT2D eigenvalue weighted by molar-refractivity contribution is -0.137. The van der Waals surface area contributed by atoms with E-state index in [0.29, 0.717) is 18.4 Å². The first kappa shape index (κ1) is 14.8. The first-order chi connectivity index (χ1) is 8.31. The fourth-order valence-corrected chi connectivity index (χ4v) is 2.30. The van der Waals surface area contributed by atoms with E-state index in [4.69, 9.17) is 5.11 Å². The van der Waals surface area contributed by atoms with Crippen molar-refractivity contribution in [1.29, 1.82) is 0 Å². The van der Waals surface area contributed by atoms with E-state index < -0.39 is 5.97 Å². The van der Waals surface area contributed by atoms with Crippen molar-refractivity contribution in [3.05, 3.63) is 0 Å². The van der Waals surface area contributed by atoms with E-state index in [1.54, 1.807) is 4.90 Å². The van der Waals surface area contributed by atoms with Crippen LogP contribution in [0.3, 0.4) is 0 Å². The molecule has 1 rings (SSSR count). The van der Waals surface area contributed by atoms with Gasteiger partial charge in [0, 0.05) is 19.6 Å². The Labute approximate surface area is 109 Å². The largest absolute Gasteiger partial charge is 0.480 e. The monoisotopic (exact) mass is 256 g/mol. The molecule has 1 fully saturated rings. The fraction of sp³-hybridized carbons (Fsp3) is 0.846. The summed E-state index contributed by atoms with van der Waals surface area (Å²) in [5.41, 5.74) is 0. The van der Waals surface area contributed by atoms with Crippen molar-refractivity contribution in [1.82, 2.24) is 9.80 Å². The van der Waals surface area contributed by atoms with E-state index in [1.165, 1.54) is 4.90 Å². The smallest absolute Gasteiger partial charge is 0.323 e. The summed E-state index contributed by atoms with van der Waals surface area (Å²) in [5, 5.41) is 8.88. The first-order valence-electron chi connectivity index (χ1n) is 6.57. The zero-order chi connectivity index (χ0) is 13.9. The van der Waals surface area contributed by atoms with Crippen LogP contribution in [0.4, 0.5) is 4.79 Å². The molecule has 104 valence electrons. The van der Waals surface area contributed by atoms with Gasteiger partial charge in [-0.05, 0) is 17.8 Å². The maximum Gasteiger partial charge on any atom is 0.323 e. The molecule has 0 aromatic rings. The van der Waals surface area contributed by atoms with Crippen LogP contribution in [-0.2, 0) is 4.79 Å². The molecule has 1 aliphatic heterocycles. The second kappa shape index (κ2) is 6.07. The summed E-state index contributed by atoms with van der Waals surface area (Å²) in [7, 11) is 0. The molecule has 18 heavy (non-hydrogen) atoms. The van der Waals surface area contributed by atoms with Gasteiger partial charge in [-0.25, -0.2) is 4.79 Å². The highest BCUT2D eigenvalue weighted by molar-refractivity contribution is 5.80. The van der Waals surface area contributed by atoms with Gasteiger partial charge in [-0.3, -0.25) is 4.79 Å². The van der Waals surface area contributed by atoms with Crippen LogP contribution >= 0.6 is 0 Å². The van der Waals surface area contributed by atoms with Crippen molar-refractivity contribution in [3.8, 4) is 0 Å². The summed E-state index contributed by atoms with van der Waals surface area (Å²) in [6.07, 6.45) is 0. The maximum atomic E-state index is 12.3. The number of carbonyl (C=O) groups excluding carboxylic acids is 1. The van der Waals surface area contributed by atoms with Gasteiger partial charge in [-0.2, -0.15) is 0 Å². The molecule has 1 heterocycles. The van der Waals surface area contributed by atoms with E-state index in [1.807, 2.05) is 13.8 Å². The highest BCUT2D eigenvalue weighted by atomic mass is 16.4. The Morgan fingerprint density at radius 1 is 1.28 bits per heavy atom. The lowest BCUT2D eigenvalue weighted by Crippen LogP contribution is -2.46. The van der Waals surface area contributed by atoms with Crippen LogP contribution in [-0.4, -0.2) is 53.1 Å². The highest BCUT2D eigenvalue weighted by Gasteiger charge is 2.32. The number of likely N-dealkylation sites (tertiary alicyclic amines) is 1. The number of amides is 2. The lowest BCUT2D eigenvalue weighted by atomic mass is 10.0. The van der Waals surface area contributed by atoms with E-state index in [-0.39, 0.29) is 18.5 Å². The molecule has 1 saturated heterocycles. The van der Waals surface area contributed by atoms with Crippen molar-refractivity contribution >= 4 is 12.0 Å². The van der Waals surface area contributed by atoms with E-state index in [2.05, 4.69) is 13.8 Å². The maximum absolute atomic E-state index is 12.3. The molecule has 0 saturated carbocycles. The van der Waals surface area contributed by atoms with E-state index in [0.717, 1.165) is 13.1 Å². The predicted octanol–water partition coefficient (Wildman–Crippen LogP) is 1.74. The summed E-state index contributed by atoms with van der Waals surface area (Å²) >= 11 is 0. The van der Waals surface area contributed by atoms with Crippen molar-refractivity contribution < 1.29 is 14.7 Å². The number of urea groups is 1. The SMILES string of the molecule is CC(C)CN(CC(=O)O)C(=O)N1CC(C)C(C)C1. The molecule has 2 atom stereocenters. The normalized spacial score (nSPS) is 23.5. The van der Waals surface area contributed by atoms with Crippen LogP contribution in [0.1, 0.15) is 27.7 Å². The van der Waals surface area contributed by atoms with Crippen molar-refractivity contribution in [2.24, 2.45) is 17.8 Å². The molecule has 0 bridgehead atoms. The number of hydrogen-bond acceptors (Lipinski definition) is 2. The van der Waals surface area contributed by atoms with Gasteiger partial charge in [0.25, 0.3) is 0 Å². The third-order valence-corrected chi connectivity index (χ3v) is 3.44. The molecular formula is C13H24N2O3. The van der Waals surface area contributed by atoms with Gasteiger partial charge >= 0.3 is 12.0 Å². The van der Waals surface area contributed by atoms with Crippen LogP contribution in [0.15, 0.2) is 0 Å². The lowest BCUT2D eigenvalue weighted by Gasteiger charge is -2.28. The van der Waals surface area contributed by atoms with Crippen molar-refractivity contribution in [2.75, 3.05) is 26.2 Å². The van der Waals surface area contributed by atoms with Crippen LogP contribution in [0, 0.1) is 17.8 Å². The van der Waals surface area contributed by atoms with Gasteiger partial charge in [0.1, 0.15) is 6.54 Å². The molecule has 2 unspecified atom stereocenters. The third kappa shape index (κ3) is 3.89. The van der Waals surface area contributed by atoms with Gasteiger partial charge in [-0.15, -0.1) is 0 Å². The second-order valence-corrected chi connectivity index (χ2v) is 5.81. The molecule has 1 aliphatic rings. The molecule has 0 aliphatic carbocycles. The molecule has 1 N–H and O–H groups in total.